The fourth-order valence-electron chi connectivity index (χ4n) is 4.68. The number of carbonyl (C=O) groups excluding carboxylic acids is 1. The molecule has 170 valence electrons. The van der Waals surface area contributed by atoms with E-state index in [2.05, 4.69) is 29.2 Å². The first-order chi connectivity index (χ1) is 16.7. The first kappa shape index (κ1) is 20.7. The van der Waals surface area contributed by atoms with E-state index in [4.69, 9.17) is 14.5 Å². The summed E-state index contributed by atoms with van der Waals surface area (Å²) in [6, 6.07) is 26.0. The molecular formula is C28H25N3O3. The van der Waals surface area contributed by atoms with Crippen LogP contribution in [0.15, 0.2) is 78.9 Å². The van der Waals surface area contributed by atoms with Crippen molar-refractivity contribution in [2.75, 3.05) is 33.0 Å². The number of nitrogens with zero attached hydrogens (tertiary/aromatic N) is 3. The lowest BCUT2D eigenvalue weighted by molar-refractivity contribution is 0.0630. The number of benzene rings is 3. The van der Waals surface area contributed by atoms with Gasteiger partial charge in [-0.15, -0.1) is 0 Å². The lowest BCUT2D eigenvalue weighted by Gasteiger charge is -2.35. The van der Waals surface area contributed by atoms with Gasteiger partial charge in [-0.25, -0.2) is 4.98 Å². The first-order valence-electron chi connectivity index (χ1n) is 11.6. The predicted molar refractivity (Wildman–Crippen MR) is 131 cm³/mol. The van der Waals surface area contributed by atoms with Gasteiger partial charge in [-0.1, -0.05) is 48.5 Å². The van der Waals surface area contributed by atoms with Crippen LogP contribution >= 0.6 is 0 Å². The molecule has 3 aromatic carbocycles. The van der Waals surface area contributed by atoms with Crippen LogP contribution in [0.1, 0.15) is 15.9 Å². The molecule has 2 aliphatic heterocycles. The standard InChI is InChI=1S/C28H25N3O3/c32-28(31-14-12-30(13-15-31)18-20-6-2-1-3-7-20)23-17-25(29-24-9-5-4-8-22(23)24)21-10-11-26-27(16-21)34-19-33-26/h1-11,16-17H,12-15,18-19H2. The van der Waals surface area contributed by atoms with Gasteiger partial charge < -0.3 is 14.4 Å². The van der Waals surface area contributed by atoms with E-state index in [0.29, 0.717) is 24.4 Å². The van der Waals surface area contributed by atoms with Gasteiger partial charge >= 0.3 is 0 Å². The Hall–Kier alpha value is -3.90. The topological polar surface area (TPSA) is 54.9 Å². The highest BCUT2D eigenvalue weighted by Crippen LogP contribution is 2.36. The Kier molecular flexibility index (Phi) is 5.35. The number of carbonyl (C=O) groups is 1. The minimum Gasteiger partial charge on any atom is -0.454 e. The molecule has 0 radical (unpaired) electrons. The summed E-state index contributed by atoms with van der Waals surface area (Å²) < 4.78 is 11.0. The molecule has 0 bridgehead atoms. The van der Waals surface area contributed by atoms with Gasteiger partial charge in [-0.3, -0.25) is 9.69 Å². The third-order valence-electron chi connectivity index (χ3n) is 6.52. The molecule has 6 rings (SSSR count). The first-order valence-corrected chi connectivity index (χ1v) is 11.6. The van der Waals surface area contributed by atoms with Crippen LogP contribution in [-0.4, -0.2) is 53.7 Å². The summed E-state index contributed by atoms with van der Waals surface area (Å²) >= 11 is 0. The summed E-state index contributed by atoms with van der Waals surface area (Å²) in [7, 11) is 0. The molecule has 3 heterocycles. The smallest absolute Gasteiger partial charge is 0.254 e. The number of rotatable bonds is 4. The Morgan fingerprint density at radius 1 is 0.824 bits per heavy atom. The molecule has 34 heavy (non-hydrogen) atoms. The van der Waals surface area contributed by atoms with E-state index in [1.165, 1.54) is 5.56 Å². The Morgan fingerprint density at radius 2 is 1.59 bits per heavy atom. The van der Waals surface area contributed by atoms with Gasteiger partial charge in [0.25, 0.3) is 5.91 Å². The minimum absolute atomic E-state index is 0.0555. The molecule has 4 aromatic rings. The molecular weight excluding hydrogens is 426 g/mol. The van der Waals surface area contributed by atoms with Gasteiger partial charge in [0.2, 0.25) is 6.79 Å². The number of para-hydroxylation sites is 1. The second-order valence-electron chi connectivity index (χ2n) is 8.69. The molecule has 1 fully saturated rings. The van der Waals surface area contributed by atoms with Crippen molar-refractivity contribution in [3.05, 3.63) is 90.0 Å². The van der Waals surface area contributed by atoms with Crippen molar-refractivity contribution in [3.8, 4) is 22.8 Å². The van der Waals surface area contributed by atoms with Crippen LogP contribution in [0, 0.1) is 0 Å². The molecule has 0 atom stereocenters. The Balaban J connectivity index is 1.27. The number of hydrogen-bond donors (Lipinski definition) is 0. The maximum absolute atomic E-state index is 13.7. The number of amides is 1. The van der Waals surface area contributed by atoms with Gasteiger partial charge in [0.15, 0.2) is 11.5 Å². The van der Waals surface area contributed by atoms with Crippen LogP contribution in [-0.2, 0) is 6.54 Å². The maximum Gasteiger partial charge on any atom is 0.254 e. The molecule has 0 saturated carbocycles. The number of hydrogen-bond acceptors (Lipinski definition) is 5. The molecule has 1 amide bonds. The Labute approximate surface area is 198 Å². The predicted octanol–water partition coefficient (Wildman–Crippen LogP) is 4.59. The molecule has 0 aliphatic carbocycles. The van der Waals surface area contributed by atoms with E-state index in [1.807, 2.05) is 59.5 Å². The van der Waals surface area contributed by atoms with E-state index < -0.39 is 0 Å². The highest BCUT2D eigenvalue weighted by atomic mass is 16.7. The van der Waals surface area contributed by atoms with Crippen LogP contribution in [0.2, 0.25) is 0 Å². The van der Waals surface area contributed by atoms with E-state index >= 15 is 0 Å². The van der Waals surface area contributed by atoms with Gasteiger partial charge in [-0.2, -0.15) is 0 Å². The zero-order valence-corrected chi connectivity index (χ0v) is 18.8. The van der Waals surface area contributed by atoms with Crippen molar-refractivity contribution in [1.29, 1.82) is 0 Å². The SMILES string of the molecule is O=C(c1cc(-c2ccc3c(c2)OCO3)nc2ccccc12)N1CCN(Cc2ccccc2)CC1. The molecule has 6 nitrogen and oxygen atoms in total. The highest BCUT2D eigenvalue weighted by molar-refractivity contribution is 6.07. The zero-order valence-electron chi connectivity index (χ0n) is 18.8. The molecule has 1 saturated heterocycles. The largest absolute Gasteiger partial charge is 0.454 e. The normalized spacial score (nSPS) is 15.6. The summed E-state index contributed by atoms with van der Waals surface area (Å²) in [5, 5.41) is 0.878. The van der Waals surface area contributed by atoms with E-state index in [-0.39, 0.29) is 12.7 Å². The summed E-state index contributed by atoms with van der Waals surface area (Å²) in [6.45, 7) is 4.28. The van der Waals surface area contributed by atoms with Gasteiger partial charge in [-0.05, 0) is 35.9 Å². The van der Waals surface area contributed by atoms with Gasteiger partial charge in [0, 0.05) is 43.7 Å². The van der Waals surface area contributed by atoms with E-state index in [1.54, 1.807) is 0 Å². The van der Waals surface area contributed by atoms with Crippen LogP contribution in [0.3, 0.4) is 0 Å². The summed E-state index contributed by atoms with van der Waals surface area (Å²) in [4.78, 5) is 22.9. The second-order valence-corrected chi connectivity index (χ2v) is 8.69. The number of ether oxygens (including phenoxy) is 2. The number of piperazine rings is 1. The molecule has 2 aliphatic rings. The summed E-state index contributed by atoms with van der Waals surface area (Å²) in [6.07, 6.45) is 0. The van der Waals surface area contributed by atoms with Gasteiger partial charge in [0.1, 0.15) is 0 Å². The second kappa shape index (κ2) is 8.80. The van der Waals surface area contributed by atoms with Crippen molar-refractivity contribution >= 4 is 16.8 Å². The summed E-state index contributed by atoms with van der Waals surface area (Å²) in [5.41, 5.74) is 4.45. The zero-order chi connectivity index (χ0) is 22.9. The average molecular weight is 452 g/mol. The van der Waals surface area contributed by atoms with Crippen molar-refractivity contribution in [1.82, 2.24) is 14.8 Å². The number of fused-ring (bicyclic) bond motifs is 2. The average Bonchev–Trinajstić information content (AvgIpc) is 3.37. The lowest BCUT2D eigenvalue weighted by Crippen LogP contribution is -2.48. The quantitative estimate of drug-likeness (QED) is 0.454. The lowest BCUT2D eigenvalue weighted by atomic mass is 10.0. The monoisotopic (exact) mass is 451 g/mol. The summed E-state index contributed by atoms with van der Waals surface area (Å²) in [5.74, 6) is 1.49. The van der Waals surface area contributed by atoms with Crippen LogP contribution in [0.4, 0.5) is 0 Å². The third-order valence-corrected chi connectivity index (χ3v) is 6.52. The molecule has 6 heteroatoms. The molecule has 1 aromatic heterocycles. The molecule has 0 unspecified atom stereocenters. The van der Waals surface area contributed by atoms with Crippen molar-refractivity contribution in [2.45, 2.75) is 6.54 Å². The number of aromatic nitrogens is 1. The van der Waals surface area contributed by atoms with Crippen molar-refractivity contribution < 1.29 is 14.3 Å². The Morgan fingerprint density at radius 3 is 2.44 bits per heavy atom. The fraction of sp³-hybridized carbons (Fsp3) is 0.214. The van der Waals surface area contributed by atoms with Crippen LogP contribution in [0.25, 0.3) is 22.2 Å². The van der Waals surface area contributed by atoms with E-state index in [0.717, 1.165) is 47.5 Å². The van der Waals surface area contributed by atoms with E-state index in [9.17, 15) is 4.79 Å². The van der Waals surface area contributed by atoms with Crippen LogP contribution < -0.4 is 9.47 Å². The van der Waals surface area contributed by atoms with Crippen molar-refractivity contribution in [3.63, 3.8) is 0 Å². The highest BCUT2D eigenvalue weighted by Gasteiger charge is 2.25. The van der Waals surface area contributed by atoms with Crippen molar-refractivity contribution in [2.24, 2.45) is 0 Å². The Bertz CT molecular complexity index is 1350. The fourth-order valence-corrected chi connectivity index (χ4v) is 4.68. The molecule has 0 N–H and O–H groups in total. The maximum atomic E-state index is 13.7. The molecule has 0 spiro atoms. The number of pyridine rings is 1. The van der Waals surface area contributed by atoms with Gasteiger partial charge in [0.05, 0.1) is 16.8 Å². The van der Waals surface area contributed by atoms with Crippen LogP contribution in [0.5, 0.6) is 11.5 Å². The minimum atomic E-state index is 0.0555. The third kappa shape index (κ3) is 3.97.